The maximum Gasteiger partial charge on any atom is 0.213 e. The molecule has 0 radical (unpaired) electrons. The highest BCUT2D eigenvalue weighted by Crippen LogP contribution is 2.12. The van der Waals surface area contributed by atoms with Crippen molar-refractivity contribution in [3.63, 3.8) is 0 Å². The maximum atomic E-state index is 5.11. The van der Waals surface area contributed by atoms with E-state index >= 15 is 0 Å². The largest absolute Gasteiger partial charge is 0.481 e. The van der Waals surface area contributed by atoms with E-state index < -0.39 is 0 Å². The van der Waals surface area contributed by atoms with E-state index in [1.165, 1.54) is 5.57 Å². The van der Waals surface area contributed by atoms with E-state index in [0.29, 0.717) is 11.9 Å². The summed E-state index contributed by atoms with van der Waals surface area (Å²) in [5, 5.41) is 2.13. The summed E-state index contributed by atoms with van der Waals surface area (Å²) in [6.07, 6.45) is 3.06. The Hall–Kier alpha value is -1.55. The molecule has 1 aliphatic heterocycles. The van der Waals surface area contributed by atoms with Gasteiger partial charge in [0, 0.05) is 37.0 Å². The molecule has 4 nitrogen and oxygen atoms in total. The van der Waals surface area contributed by atoms with Crippen molar-refractivity contribution >= 4 is 0 Å². The first-order valence-corrected chi connectivity index (χ1v) is 6.90. The van der Waals surface area contributed by atoms with Crippen molar-refractivity contribution < 1.29 is 4.74 Å². The number of aromatic nitrogens is 1. The Bertz CT molecular complexity index is 418. The summed E-state index contributed by atoms with van der Waals surface area (Å²) >= 11 is 0. The molecule has 0 spiro atoms. The lowest BCUT2D eigenvalue weighted by Gasteiger charge is -2.17. The molecule has 1 atom stereocenters. The van der Waals surface area contributed by atoms with Crippen molar-refractivity contribution in [1.29, 1.82) is 0 Å². The smallest absolute Gasteiger partial charge is 0.213 e. The van der Waals surface area contributed by atoms with E-state index in [4.69, 9.17) is 4.74 Å². The van der Waals surface area contributed by atoms with Crippen LogP contribution in [0.5, 0.6) is 5.88 Å². The summed E-state index contributed by atoms with van der Waals surface area (Å²) in [4.78, 5) is 4.39. The average Bonchev–Trinajstić information content (AvgIpc) is 2.78. The number of nitrogens with one attached hydrogen (secondary N) is 1. The third-order valence-electron chi connectivity index (χ3n) is 3.00. The summed E-state index contributed by atoms with van der Waals surface area (Å²) in [6.45, 7) is 9.22. The second kappa shape index (κ2) is 7.79. The van der Waals surface area contributed by atoms with Gasteiger partial charge in [0.2, 0.25) is 5.88 Å². The lowest BCUT2D eigenvalue weighted by Crippen LogP contribution is -2.35. The third-order valence-corrected chi connectivity index (χ3v) is 3.00. The predicted molar refractivity (Wildman–Crippen MR) is 78.9 cm³/mol. The molecule has 1 aliphatic rings. The Morgan fingerprint density at radius 3 is 2.68 bits per heavy atom. The van der Waals surface area contributed by atoms with Crippen LogP contribution >= 0.6 is 0 Å². The Morgan fingerprint density at radius 2 is 2.11 bits per heavy atom. The molecule has 0 aromatic carbocycles. The fourth-order valence-electron chi connectivity index (χ4n) is 1.82. The van der Waals surface area contributed by atoms with Crippen molar-refractivity contribution in [2.45, 2.75) is 40.2 Å². The molecule has 2 heterocycles. The minimum atomic E-state index is 0.438. The molecule has 0 saturated carbocycles. The van der Waals surface area contributed by atoms with Gasteiger partial charge in [-0.3, -0.25) is 0 Å². The zero-order valence-corrected chi connectivity index (χ0v) is 12.6. The summed E-state index contributed by atoms with van der Waals surface area (Å²) in [5.41, 5.74) is 5.80. The van der Waals surface area contributed by atoms with E-state index in [1.807, 2.05) is 32.0 Å². The highest BCUT2D eigenvalue weighted by atomic mass is 16.5. The number of nitrogens with zero attached hydrogens (tertiary/aromatic N) is 2. The standard InChI is InChI=1S/C13H19N3O.C2H6/c1-10-9-16(15-11(10)2)8-7-12-5-4-6-13(14-12)17-3;1-2/h4-6,9,11,15H,7-8H2,1-3H3;1-2H3. The van der Waals surface area contributed by atoms with Crippen molar-refractivity contribution in [2.75, 3.05) is 13.7 Å². The minimum Gasteiger partial charge on any atom is -0.481 e. The van der Waals surface area contributed by atoms with Gasteiger partial charge in [0.1, 0.15) is 0 Å². The number of hydrazine groups is 1. The number of rotatable bonds is 4. The molecule has 1 unspecified atom stereocenters. The van der Waals surface area contributed by atoms with Crippen LogP contribution in [0.25, 0.3) is 0 Å². The molecule has 0 amide bonds. The number of ether oxygens (including phenoxy) is 1. The van der Waals surface area contributed by atoms with E-state index in [-0.39, 0.29) is 0 Å². The Kier molecular flexibility index (Phi) is 6.36. The van der Waals surface area contributed by atoms with Crippen LogP contribution in [0.1, 0.15) is 33.4 Å². The van der Waals surface area contributed by atoms with E-state index in [1.54, 1.807) is 7.11 Å². The van der Waals surface area contributed by atoms with Crippen LogP contribution in [0.4, 0.5) is 0 Å². The molecule has 0 fully saturated rings. The van der Waals surface area contributed by atoms with Gasteiger partial charge in [-0.25, -0.2) is 10.4 Å². The number of pyridine rings is 1. The Labute approximate surface area is 116 Å². The summed E-state index contributed by atoms with van der Waals surface area (Å²) < 4.78 is 5.11. The zero-order valence-electron chi connectivity index (χ0n) is 12.6. The Morgan fingerprint density at radius 1 is 1.37 bits per heavy atom. The van der Waals surface area contributed by atoms with Gasteiger partial charge in [0.25, 0.3) is 0 Å². The first kappa shape index (κ1) is 15.5. The first-order valence-electron chi connectivity index (χ1n) is 6.90. The summed E-state index contributed by atoms with van der Waals surface area (Å²) in [6, 6.07) is 6.30. The van der Waals surface area contributed by atoms with Gasteiger partial charge in [-0.1, -0.05) is 19.9 Å². The molecule has 0 aliphatic carbocycles. The van der Waals surface area contributed by atoms with Crippen molar-refractivity contribution in [3.05, 3.63) is 35.7 Å². The summed E-state index contributed by atoms with van der Waals surface area (Å²) in [7, 11) is 1.64. The van der Waals surface area contributed by atoms with Crippen LogP contribution in [0.15, 0.2) is 30.0 Å². The monoisotopic (exact) mass is 263 g/mol. The molecule has 19 heavy (non-hydrogen) atoms. The summed E-state index contributed by atoms with van der Waals surface area (Å²) in [5.74, 6) is 0.678. The quantitative estimate of drug-likeness (QED) is 0.906. The molecule has 4 heteroatoms. The van der Waals surface area contributed by atoms with E-state index in [2.05, 4.69) is 35.5 Å². The van der Waals surface area contributed by atoms with Crippen LogP contribution in [-0.4, -0.2) is 29.7 Å². The number of hydrogen-bond acceptors (Lipinski definition) is 4. The predicted octanol–water partition coefficient (Wildman–Crippen LogP) is 2.77. The fraction of sp³-hybridized carbons (Fsp3) is 0.533. The second-order valence-corrected chi connectivity index (χ2v) is 4.34. The molecule has 2 rings (SSSR count). The lowest BCUT2D eigenvalue weighted by molar-refractivity contribution is 0.281. The zero-order chi connectivity index (χ0) is 14.3. The van der Waals surface area contributed by atoms with Crippen LogP contribution in [0.3, 0.4) is 0 Å². The molecule has 0 bridgehead atoms. The molecule has 0 saturated heterocycles. The molecule has 1 aromatic heterocycles. The van der Waals surface area contributed by atoms with Crippen LogP contribution in [0, 0.1) is 0 Å². The number of methoxy groups -OCH3 is 1. The molecule has 1 aromatic rings. The normalized spacial score (nSPS) is 17.6. The molecular weight excluding hydrogens is 238 g/mol. The minimum absolute atomic E-state index is 0.438. The SMILES string of the molecule is CC.COc1cccc(CCN2C=C(C)C(C)N2)n1. The van der Waals surface area contributed by atoms with Crippen molar-refractivity contribution in [1.82, 2.24) is 15.4 Å². The van der Waals surface area contributed by atoms with Crippen molar-refractivity contribution in [3.8, 4) is 5.88 Å². The second-order valence-electron chi connectivity index (χ2n) is 4.34. The van der Waals surface area contributed by atoms with Gasteiger partial charge < -0.3 is 9.75 Å². The molecular formula is C15H25N3O. The fourth-order valence-corrected chi connectivity index (χ4v) is 1.82. The van der Waals surface area contributed by atoms with Crippen molar-refractivity contribution in [2.24, 2.45) is 0 Å². The van der Waals surface area contributed by atoms with Gasteiger partial charge in [-0.15, -0.1) is 0 Å². The van der Waals surface area contributed by atoms with E-state index in [9.17, 15) is 0 Å². The maximum absolute atomic E-state index is 5.11. The van der Waals surface area contributed by atoms with Gasteiger partial charge in [-0.05, 0) is 25.5 Å². The van der Waals surface area contributed by atoms with E-state index in [0.717, 1.165) is 18.7 Å². The topological polar surface area (TPSA) is 37.4 Å². The number of hydrogen-bond donors (Lipinski definition) is 1. The molecule has 1 N–H and O–H groups in total. The highest BCUT2D eigenvalue weighted by Gasteiger charge is 2.15. The third kappa shape index (κ3) is 4.56. The van der Waals surface area contributed by atoms with Gasteiger partial charge >= 0.3 is 0 Å². The van der Waals surface area contributed by atoms with Gasteiger partial charge in [-0.2, -0.15) is 0 Å². The average molecular weight is 263 g/mol. The van der Waals surface area contributed by atoms with Gasteiger partial charge in [0.05, 0.1) is 7.11 Å². The highest BCUT2D eigenvalue weighted by molar-refractivity contribution is 5.16. The van der Waals surface area contributed by atoms with Gasteiger partial charge in [0.15, 0.2) is 0 Å². The van der Waals surface area contributed by atoms with Crippen LogP contribution in [0.2, 0.25) is 0 Å². The lowest BCUT2D eigenvalue weighted by atomic mass is 10.2. The van der Waals surface area contributed by atoms with Crippen LogP contribution in [-0.2, 0) is 6.42 Å². The van der Waals surface area contributed by atoms with Crippen LogP contribution < -0.4 is 10.2 Å². The Balaban J connectivity index is 0.000000861. The first-order chi connectivity index (χ1) is 9.19. The molecule has 106 valence electrons.